The van der Waals surface area contributed by atoms with Crippen LogP contribution in [0, 0.1) is 5.41 Å². The van der Waals surface area contributed by atoms with E-state index in [-0.39, 0.29) is 23.7 Å². The fourth-order valence-electron chi connectivity index (χ4n) is 2.60. The van der Waals surface area contributed by atoms with Crippen LogP contribution in [-0.2, 0) is 0 Å². The Balaban J connectivity index is 0.00000242. The lowest BCUT2D eigenvalue weighted by molar-refractivity contribution is 0.0924. The zero-order valence-electron chi connectivity index (χ0n) is 13.4. The van der Waals surface area contributed by atoms with Crippen LogP contribution in [0.4, 0.5) is 0 Å². The molecule has 0 radical (unpaired) electrons. The molecule has 124 valence electrons. The molecule has 1 amide bonds. The third-order valence-corrected chi connectivity index (χ3v) is 3.98. The molecule has 1 fully saturated rings. The fourth-order valence-corrected chi connectivity index (χ4v) is 2.60. The quantitative estimate of drug-likeness (QED) is 0.870. The van der Waals surface area contributed by atoms with Crippen LogP contribution < -0.4 is 20.1 Å². The lowest BCUT2D eigenvalue weighted by Gasteiger charge is -2.34. The molecule has 2 N–H and O–H groups in total. The van der Waals surface area contributed by atoms with Crippen molar-refractivity contribution in [1.82, 2.24) is 10.6 Å². The molecule has 5 nitrogen and oxygen atoms in total. The van der Waals surface area contributed by atoms with Crippen LogP contribution >= 0.6 is 12.4 Å². The van der Waals surface area contributed by atoms with E-state index in [0.717, 1.165) is 25.9 Å². The third kappa shape index (κ3) is 4.78. The molecule has 2 rings (SSSR count). The lowest BCUT2D eigenvalue weighted by Crippen LogP contribution is -2.45. The summed E-state index contributed by atoms with van der Waals surface area (Å²) in [6.07, 6.45) is 2.28. The Morgan fingerprint density at radius 2 is 1.91 bits per heavy atom. The normalized spacial score (nSPS) is 20.7. The van der Waals surface area contributed by atoms with E-state index >= 15 is 0 Å². The van der Waals surface area contributed by atoms with E-state index in [9.17, 15) is 4.79 Å². The average Bonchev–Trinajstić information content (AvgIpc) is 2.52. The molecule has 22 heavy (non-hydrogen) atoms. The van der Waals surface area contributed by atoms with Crippen molar-refractivity contribution in [2.75, 3.05) is 33.9 Å². The van der Waals surface area contributed by atoms with Crippen LogP contribution in [0.15, 0.2) is 18.2 Å². The van der Waals surface area contributed by atoms with Gasteiger partial charge in [-0.05, 0) is 36.9 Å². The minimum Gasteiger partial charge on any atom is -0.497 e. The molecule has 1 heterocycles. The summed E-state index contributed by atoms with van der Waals surface area (Å²) in [5, 5.41) is 6.41. The van der Waals surface area contributed by atoms with Crippen LogP contribution in [0.3, 0.4) is 0 Å². The number of hydrogen-bond donors (Lipinski definition) is 2. The Bertz CT molecular complexity index is 480. The van der Waals surface area contributed by atoms with Crippen LogP contribution in [0.2, 0.25) is 0 Å². The Kier molecular flexibility index (Phi) is 6.97. The number of benzene rings is 1. The van der Waals surface area contributed by atoms with Crippen molar-refractivity contribution in [2.45, 2.75) is 19.8 Å². The molecule has 0 aromatic heterocycles. The Labute approximate surface area is 138 Å². The van der Waals surface area contributed by atoms with Gasteiger partial charge in [0.05, 0.1) is 14.2 Å². The van der Waals surface area contributed by atoms with Crippen molar-refractivity contribution < 1.29 is 14.3 Å². The van der Waals surface area contributed by atoms with Crippen LogP contribution in [0.1, 0.15) is 30.1 Å². The fraction of sp³-hybridized carbons (Fsp3) is 0.562. The number of methoxy groups -OCH3 is 2. The molecule has 6 heteroatoms. The summed E-state index contributed by atoms with van der Waals surface area (Å²) in [6, 6.07) is 5.20. The smallest absolute Gasteiger partial charge is 0.251 e. The van der Waals surface area contributed by atoms with Crippen molar-refractivity contribution in [3.8, 4) is 11.5 Å². The molecular formula is C16H25ClN2O3. The highest BCUT2D eigenvalue weighted by molar-refractivity contribution is 5.95. The second kappa shape index (κ2) is 8.25. The molecular weight excluding hydrogens is 304 g/mol. The average molecular weight is 329 g/mol. The van der Waals surface area contributed by atoms with Gasteiger partial charge in [0.25, 0.3) is 5.91 Å². The highest BCUT2D eigenvalue weighted by atomic mass is 35.5. The molecule has 1 aliphatic rings. The number of rotatable bonds is 5. The zero-order valence-corrected chi connectivity index (χ0v) is 14.2. The van der Waals surface area contributed by atoms with Crippen molar-refractivity contribution in [2.24, 2.45) is 5.41 Å². The minimum absolute atomic E-state index is 0. The lowest BCUT2D eigenvalue weighted by atomic mass is 9.83. The van der Waals surface area contributed by atoms with Gasteiger partial charge in [0.15, 0.2) is 0 Å². The van der Waals surface area contributed by atoms with Gasteiger partial charge in [-0.2, -0.15) is 0 Å². The van der Waals surface area contributed by atoms with Gasteiger partial charge in [-0.25, -0.2) is 0 Å². The van der Waals surface area contributed by atoms with E-state index in [1.54, 1.807) is 32.4 Å². The first-order chi connectivity index (χ1) is 10.1. The molecule has 0 saturated carbocycles. The largest absolute Gasteiger partial charge is 0.497 e. The summed E-state index contributed by atoms with van der Waals surface area (Å²) in [6.45, 7) is 4.87. The second-order valence-corrected chi connectivity index (χ2v) is 5.88. The first-order valence-corrected chi connectivity index (χ1v) is 7.28. The summed E-state index contributed by atoms with van der Waals surface area (Å²) in [5.74, 6) is 1.13. The maximum absolute atomic E-state index is 12.3. The molecule has 0 spiro atoms. The SMILES string of the molecule is COc1cc(OC)cc(C(=O)NCC2(C)CCCNC2)c1.Cl. The van der Waals surface area contributed by atoms with Gasteiger partial charge < -0.3 is 20.1 Å². The van der Waals surface area contributed by atoms with E-state index in [1.165, 1.54) is 0 Å². The molecule has 1 aliphatic heterocycles. The summed E-state index contributed by atoms with van der Waals surface area (Å²) >= 11 is 0. The van der Waals surface area contributed by atoms with E-state index in [1.807, 2.05) is 0 Å². The van der Waals surface area contributed by atoms with Gasteiger partial charge in [-0.3, -0.25) is 4.79 Å². The predicted octanol–water partition coefficient (Wildman–Crippen LogP) is 2.25. The summed E-state index contributed by atoms with van der Waals surface area (Å²) in [5.41, 5.74) is 0.676. The summed E-state index contributed by atoms with van der Waals surface area (Å²) in [4.78, 5) is 12.3. The number of nitrogens with one attached hydrogen (secondary N) is 2. The first kappa shape index (κ1) is 18.6. The highest BCUT2D eigenvalue weighted by Gasteiger charge is 2.27. The summed E-state index contributed by atoms with van der Waals surface area (Å²) < 4.78 is 10.4. The Morgan fingerprint density at radius 3 is 2.41 bits per heavy atom. The first-order valence-electron chi connectivity index (χ1n) is 7.28. The van der Waals surface area contributed by atoms with Gasteiger partial charge in [-0.1, -0.05) is 6.92 Å². The van der Waals surface area contributed by atoms with Crippen LogP contribution in [0.5, 0.6) is 11.5 Å². The predicted molar refractivity (Wildman–Crippen MR) is 89.3 cm³/mol. The number of piperidine rings is 1. The van der Waals surface area contributed by atoms with Crippen molar-refractivity contribution in [3.05, 3.63) is 23.8 Å². The van der Waals surface area contributed by atoms with Crippen LogP contribution in [0.25, 0.3) is 0 Å². The number of amides is 1. The zero-order chi connectivity index (χ0) is 15.3. The van der Waals surface area contributed by atoms with Crippen LogP contribution in [-0.4, -0.2) is 39.8 Å². The molecule has 0 bridgehead atoms. The maximum atomic E-state index is 12.3. The van der Waals surface area contributed by atoms with E-state index in [4.69, 9.17) is 9.47 Å². The van der Waals surface area contributed by atoms with E-state index < -0.39 is 0 Å². The van der Waals surface area contributed by atoms with Crippen molar-refractivity contribution in [3.63, 3.8) is 0 Å². The third-order valence-electron chi connectivity index (χ3n) is 3.98. The van der Waals surface area contributed by atoms with Gasteiger partial charge in [0.1, 0.15) is 11.5 Å². The van der Waals surface area contributed by atoms with Crippen molar-refractivity contribution in [1.29, 1.82) is 0 Å². The molecule has 1 aromatic carbocycles. The highest BCUT2D eigenvalue weighted by Crippen LogP contribution is 2.25. The number of hydrogen-bond acceptors (Lipinski definition) is 4. The van der Waals surface area contributed by atoms with Gasteiger partial charge in [0.2, 0.25) is 0 Å². The number of ether oxygens (including phenoxy) is 2. The standard InChI is InChI=1S/C16H24N2O3.ClH/c1-16(5-4-6-17-10-16)11-18-15(19)12-7-13(20-2)9-14(8-12)21-3;/h7-9,17H,4-6,10-11H2,1-3H3,(H,18,19);1H. The maximum Gasteiger partial charge on any atom is 0.251 e. The number of halogens is 1. The molecule has 1 unspecified atom stereocenters. The number of carbonyl (C=O) groups is 1. The van der Waals surface area contributed by atoms with Gasteiger partial charge in [0, 0.05) is 24.7 Å². The minimum atomic E-state index is -0.0981. The van der Waals surface area contributed by atoms with Gasteiger partial charge >= 0.3 is 0 Å². The van der Waals surface area contributed by atoms with Crippen molar-refractivity contribution >= 4 is 18.3 Å². The Morgan fingerprint density at radius 1 is 1.27 bits per heavy atom. The summed E-state index contributed by atoms with van der Waals surface area (Å²) in [7, 11) is 3.15. The van der Waals surface area contributed by atoms with Gasteiger partial charge in [-0.15, -0.1) is 12.4 Å². The topological polar surface area (TPSA) is 59.6 Å². The molecule has 1 saturated heterocycles. The molecule has 1 aromatic rings. The second-order valence-electron chi connectivity index (χ2n) is 5.88. The van der Waals surface area contributed by atoms with E-state index in [0.29, 0.717) is 23.6 Å². The monoisotopic (exact) mass is 328 g/mol. The Hall–Kier alpha value is -1.46. The molecule has 1 atom stereocenters. The molecule has 0 aliphatic carbocycles. The van der Waals surface area contributed by atoms with E-state index in [2.05, 4.69) is 17.6 Å². The number of carbonyl (C=O) groups excluding carboxylic acids is 1.